The van der Waals surface area contributed by atoms with Gasteiger partial charge in [-0.2, -0.15) is 0 Å². The molecule has 12 heteroatoms. The van der Waals surface area contributed by atoms with Crippen LogP contribution in [0.25, 0.3) is 0 Å². The molecule has 4 amide bonds. The monoisotopic (exact) mass is 796 g/mol. The van der Waals surface area contributed by atoms with Crippen LogP contribution in [-0.4, -0.2) is 78.9 Å². The molecule has 2 saturated heterocycles. The number of halogens is 1. The topological polar surface area (TPSA) is 134 Å². The first-order valence-electron chi connectivity index (χ1n) is 20.1. The Balaban J connectivity index is 1.29. The van der Waals surface area contributed by atoms with Crippen LogP contribution in [-0.2, 0) is 34.8 Å². The van der Waals surface area contributed by atoms with Gasteiger partial charge in [0.1, 0.15) is 35.6 Å². The molecule has 0 spiro atoms. The number of nitrogens with one attached hydrogen (secondary N) is 3. The summed E-state index contributed by atoms with van der Waals surface area (Å²) >= 11 is 0. The van der Waals surface area contributed by atoms with Crippen LogP contribution in [0.2, 0.25) is 5.04 Å². The minimum atomic E-state index is -2.95. The Bertz CT molecular complexity index is 1900. The van der Waals surface area contributed by atoms with Gasteiger partial charge in [-0.3, -0.25) is 24.0 Å². The molecule has 2 aliphatic rings. The summed E-state index contributed by atoms with van der Waals surface area (Å²) in [6, 6.07) is 23.2. The van der Waals surface area contributed by atoms with Crippen LogP contribution in [0.15, 0.2) is 97.1 Å². The van der Waals surface area contributed by atoms with E-state index >= 15 is 0 Å². The van der Waals surface area contributed by atoms with Gasteiger partial charge in [0.2, 0.25) is 23.6 Å². The highest BCUT2D eigenvalue weighted by Gasteiger charge is 2.51. The fourth-order valence-corrected chi connectivity index (χ4v) is 12.6. The average molecular weight is 797 g/mol. The summed E-state index contributed by atoms with van der Waals surface area (Å²) in [5.74, 6) is -2.59. The molecule has 0 aromatic heterocycles. The van der Waals surface area contributed by atoms with Crippen LogP contribution in [0.3, 0.4) is 0 Å². The quantitative estimate of drug-likeness (QED) is 0.128. The molecule has 10 nitrogen and oxygen atoms in total. The maximum absolute atomic E-state index is 14.1. The molecule has 5 rings (SSSR count). The fourth-order valence-electron chi connectivity index (χ4n) is 7.91. The molecule has 0 saturated carbocycles. The molecule has 5 atom stereocenters. The minimum absolute atomic E-state index is 0.0178. The van der Waals surface area contributed by atoms with E-state index in [-0.39, 0.29) is 30.1 Å². The largest absolute Gasteiger partial charge is 0.397 e. The van der Waals surface area contributed by atoms with Crippen molar-refractivity contribution in [3.8, 4) is 0 Å². The lowest BCUT2D eigenvalue weighted by atomic mass is 9.94. The standard InChI is InChI=1S/C45H57FN4O6Si/c1-7-45(6)43(55)48-37(30-32-19-17-20-33(46)29-32)42(54)50-28-18-26-38(50)41(53)47-36(40(52)49-45)25-15-10-16-27-39(51)31(2)56-57(44(3,4)5,34-21-11-8-12-22-34)35-23-13-9-14-24-35/h8-9,11-14,16-17,19-24,27,29,31,36-38H,7,10,15,18,25-26,28,30H2,1-6H3,(H,47,53)(H,48,55)(H,49,52)/b27-16+/t31-,36-,37-,38+,45-/m0/s1. The van der Waals surface area contributed by atoms with Crippen LogP contribution >= 0.6 is 0 Å². The van der Waals surface area contributed by atoms with E-state index in [2.05, 4.69) is 61.0 Å². The van der Waals surface area contributed by atoms with E-state index in [0.717, 1.165) is 10.4 Å². The van der Waals surface area contributed by atoms with E-state index in [1.807, 2.05) is 36.4 Å². The first-order chi connectivity index (χ1) is 27.1. The molecular formula is C45H57FN4O6Si. The highest BCUT2D eigenvalue weighted by Crippen LogP contribution is 2.37. The van der Waals surface area contributed by atoms with Gasteiger partial charge in [0.15, 0.2) is 5.78 Å². The number of fused-ring (bicyclic) bond motifs is 1. The van der Waals surface area contributed by atoms with Crippen molar-refractivity contribution in [1.29, 1.82) is 0 Å². The van der Waals surface area contributed by atoms with Gasteiger partial charge in [0.05, 0.1) is 0 Å². The molecule has 0 unspecified atom stereocenters. The van der Waals surface area contributed by atoms with Crippen LogP contribution in [0.1, 0.15) is 85.6 Å². The summed E-state index contributed by atoms with van der Waals surface area (Å²) in [5.41, 5.74) is -0.891. The second-order valence-electron chi connectivity index (χ2n) is 16.4. The van der Waals surface area contributed by atoms with E-state index in [1.54, 1.807) is 32.9 Å². The zero-order valence-electron chi connectivity index (χ0n) is 34.0. The first-order valence-corrected chi connectivity index (χ1v) is 22.0. The fraction of sp³-hybridized carbons (Fsp3) is 0.444. The molecule has 3 aromatic carbocycles. The summed E-state index contributed by atoms with van der Waals surface area (Å²) < 4.78 is 21.0. The molecule has 304 valence electrons. The predicted octanol–water partition coefficient (Wildman–Crippen LogP) is 4.89. The Hall–Kier alpha value is -4.94. The van der Waals surface area contributed by atoms with E-state index in [9.17, 15) is 28.4 Å². The van der Waals surface area contributed by atoms with Gasteiger partial charge in [-0.05, 0) is 91.6 Å². The molecule has 2 aliphatic heterocycles. The smallest absolute Gasteiger partial charge is 0.262 e. The number of allylic oxidation sites excluding steroid dienone is 1. The summed E-state index contributed by atoms with van der Waals surface area (Å²) in [6.45, 7) is 11.9. The van der Waals surface area contributed by atoms with Gasteiger partial charge in [-0.15, -0.1) is 0 Å². The minimum Gasteiger partial charge on any atom is -0.397 e. The van der Waals surface area contributed by atoms with Crippen molar-refractivity contribution >= 4 is 48.1 Å². The SMILES string of the molecule is CC[C@]1(C)NC(=O)[C@H](CCC/C=C/C(=O)[C@H](C)O[Si](c2ccccc2)(c2ccccc2)C(C)(C)C)NC(=O)[C@H]2CCCN2C(=O)[C@H](Cc2cccc(F)c2)NC1=O. The summed E-state index contributed by atoms with van der Waals surface area (Å²) in [5, 5.41) is 10.4. The molecular weight excluding hydrogens is 740 g/mol. The molecule has 0 bridgehead atoms. The lowest BCUT2D eigenvalue weighted by Crippen LogP contribution is -2.68. The molecule has 0 aliphatic carbocycles. The van der Waals surface area contributed by atoms with E-state index in [1.165, 1.54) is 29.2 Å². The predicted molar refractivity (Wildman–Crippen MR) is 222 cm³/mol. The van der Waals surface area contributed by atoms with E-state index < -0.39 is 67.5 Å². The molecule has 57 heavy (non-hydrogen) atoms. The summed E-state index contributed by atoms with van der Waals surface area (Å²) in [4.78, 5) is 70.5. The normalized spacial score (nSPS) is 22.9. The number of nitrogens with zero attached hydrogens (tertiary/aromatic N) is 1. The van der Waals surface area contributed by atoms with Gasteiger partial charge in [0, 0.05) is 13.0 Å². The molecule has 2 fully saturated rings. The van der Waals surface area contributed by atoms with Gasteiger partial charge in [-0.25, -0.2) is 4.39 Å². The van der Waals surface area contributed by atoms with Gasteiger partial charge in [-0.1, -0.05) is 107 Å². The van der Waals surface area contributed by atoms with Crippen molar-refractivity contribution < 1.29 is 32.8 Å². The highest BCUT2D eigenvalue weighted by molar-refractivity contribution is 6.99. The zero-order chi connectivity index (χ0) is 41.4. The second kappa shape index (κ2) is 18.5. The third-order valence-electron chi connectivity index (χ3n) is 11.3. The Morgan fingerprint density at radius 1 is 0.947 bits per heavy atom. The zero-order valence-corrected chi connectivity index (χ0v) is 35.0. The van der Waals surface area contributed by atoms with Crippen LogP contribution in [0.5, 0.6) is 0 Å². The number of unbranched alkanes of at least 4 members (excludes halogenated alkanes) is 1. The van der Waals surface area contributed by atoms with Gasteiger partial charge >= 0.3 is 0 Å². The molecule has 0 radical (unpaired) electrons. The van der Waals surface area contributed by atoms with Crippen LogP contribution < -0.4 is 26.3 Å². The number of carbonyl (C=O) groups is 5. The lowest BCUT2D eigenvalue weighted by Gasteiger charge is -2.44. The van der Waals surface area contributed by atoms with Crippen LogP contribution in [0.4, 0.5) is 4.39 Å². The Morgan fingerprint density at radius 2 is 1.60 bits per heavy atom. The summed E-state index contributed by atoms with van der Waals surface area (Å²) in [7, 11) is -2.95. The number of amides is 4. The van der Waals surface area contributed by atoms with Crippen molar-refractivity contribution in [3.63, 3.8) is 0 Å². The number of carbonyl (C=O) groups excluding carboxylic acids is 5. The number of hydrogen-bond acceptors (Lipinski definition) is 6. The number of ketones is 1. The number of hydrogen-bond donors (Lipinski definition) is 3. The van der Waals surface area contributed by atoms with E-state index in [0.29, 0.717) is 37.8 Å². The Labute approximate surface area is 337 Å². The lowest BCUT2D eigenvalue weighted by molar-refractivity contribution is -0.144. The van der Waals surface area contributed by atoms with E-state index in [4.69, 9.17) is 4.43 Å². The van der Waals surface area contributed by atoms with Crippen molar-refractivity contribution in [2.75, 3.05) is 6.54 Å². The first kappa shape index (κ1) is 43.2. The molecule has 3 N–H and O–H groups in total. The van der Waals surface area contributed by atoms with Crippen molar-refractivity contribution in [3.05, 3.63) is 108 Å². The van der Waals surface area contributed by atoms with Crippen LogP contribution in [0, 0.1) is 5.82 Å². The second-order valence-corrected chi connectivity index (χ2v) is 20.7. The maximum Gasteiger partial charge on any atom is 0.262 e. The third kappa shape index (κ3) is 9.96. The third-order valence-corrected chi connectivity index (χ3v) is 16.4. The van der Waals surface area contributed by atoms with Crippen molar-refractivity contribution in [1.82, 2.24) is 20.9 Å². The average Bonchev–Trinajstić information content (AvgIpc) is 3.69. The van der Waals surface area contributed by atoms with Gasteiger partial charge < -0.3 is 25.3 Å². The van der Waals surface area contributed by atoms with Crippen molar-refractivity contribution in [2.45, 2.75) is 121 Å². The Kier molecular flexibility index (Phi) is 14.1. The number of rotatable bonds is 13. The maximum atomic E-state index is 14.1. The molecule has 3 aromatic rings. The molecule has 2 heterocycles. The Morgan fingerprint density at radius 3 is 2.19 bits per heavy atom. The highest BCUT2D eigenvalue weighted by atomic mass is 28.4. The van der Waals surface area contributed by atoms with Crippen molar-refractivity contribution in [2.24, 2.45) is 0 Å². The van der Waals surface area contributed by atoms with Gasteiger partial charge in [0.25, 0.3) is 8.32 Å². The summed E-state index contributed by atoms with van der Waals surface area (Å²) in [6.07, 6.45) is 4.89. The number of benzene rings is 3.